The zero-order valence-corrected chi connectivity index (χ0v) is 10.9. The summed E-state index contributed by atoms with van der Waals surface area (Å²) in [6, 6.07) is 0. The largest absolute Gasteiger partial charge is 0.336 e. The van der Waals surface area contributed by atoms with Crippen LogP contribution in [0.15, 0.2) is 0 Å². The Morgan fingerprint density at radius 3 is 3.21 bits per heavy atom. The molecule has 0 aliphatic carbocycles. The molecule has 0 saturated carbocycles. The van der Waals surface area contributed by atoms with Crippen LogP contribution in [0, 0.1) is 6.92 Å². The molecule has 0 fully saturated rings. The van der Waals surface area contributed by atoms with E-state index in [2.05, 4.69) is 27.6 Å². The molecule has 14 heavy (non-hydrogen) atoms. The van der Waals surface area contributed by atoms with Gasteiger partial charge < -0.3 is 4.90 Å². The van der Waals surface area contributed by atoms with E-state index in [9.17, 15) is 4.79 Å². The third-order valence-corrected chi connectivity index (χ3v) is 3.96. The summed E-state index contributed by atoms with van der Waals surface area (Å²) in [6.07, 6.45) is 0.919. The van der Waals surface area contributed by atoms with Crippen molar-refractivity contribution >= 4 is 39.8 Å². The predicted molar refractivity (Wildman–Crippen MR) is 64.9 cm³/mol. The Morgan fingerprint density at radius 1 is 1.71 bits per heavy atom. The van der Waals surface area contributed by atoms with E-state index in [1.807, 2.05) is 11.8 Å². The van der Waals surface area contributed by atoms with Gasteiger partial charge in [0.25, 0.3) is 0 Å². The molecule has 1 amide bonds. The van der Waals surface area contributed by atoms with Crippen LogP contribution < -0.4 is 0 Å². The molecule has 0 radical (unpaired) electrons. The number of halogens is 1. The number of carbonyl (C=O) groups excluding carboxylic acids is 1. The first kappa shape index (κ1) is 10.4. The van der Waals surface area contributed by atoms with Gasteiger partial charge in [-0.1, -0.05) is 22.6 Å². The van der Waals surface area contributed by atoms with Crippen molar-refractivity contribution in [2.45, 2.75) is 19.9 Å². The topological polar surface area (TPSA) is 33.2 Å². The molecular formula is C9H11IN2OS. The molecular weight excluding hydrogens is 311 g/mol. The number of alkyl halides is 1. The number of rotatable bonds is 1. The third kappa shape index (κ3) is 1.93. The molecule has 0 unspecified atom stereocenters. The average molecular weight is 322 g/mol. The maximum absolute atomic E-state index is 11.5. The Hall–Kier alpha value is -0.170. The number of aromatic nitrogens is 1. The van der Waals surface area contributed by atoms with Gasteiger partial charge in [0, 0.05) is 17.8 Å². The third-order valence-electron chi connectivity index (χ3n) is 2.31. The fourth-order valence-corrected chi connectivity index (χ4v) is 3.10. The molecule has 0 spiro atoms. The van der Waals surface area contributed by atoms with Crippen LogP contribution in [0.4, 0.5) is 0 Å². The second kappa shape index (κ2) is 4.14. The van der Waals surface area contributed by atoms with Crippen molar-refractivity contribution in [1.29, 1.82) is 0 Å². The number of hydrogen-bond acceptors (Lipinski definition) is 3. The smallest absolute Gasteiger partial charge is 0.232 e. The van der Waals surface area contributed by atoms with E-state index in [1.54, 1.807) is 11.3 Å². The van der Waals surface area contributed by atoms with Crippen molar-refractivity contribution in [3.05, 3.63) is 15.6 Å². The van der Waals surface area contributed by atoms with Crippen molar-refractivity contribution in [1.82, 2.24) is 9.88 Å². The van der Waals surface area contributed by atoms with Gasteiger partial charge in [-0.2, -0.15) is 0 Å². The highest BCUT2D eigenvalue weighted by Gasteiger charge is 2.22. The van der Waals surface area contributed by atoms with Gasteiger partial charge in [-0.3, -0.25) is 4.79 Å². The predicted octanol–water partition coefficient (Wildman–Crippen LogP) is 1.77. The molecule has 0 atom stereocenters. The minimum atomic E-state index is 0.238. The van der Waals surface area contributed by atoms with Gasteiger partial charge in [-0.25, -0.2) is 4.98 Å². The number of aryl methyl sites for hydroxylation is 1. The summed E-state index contributed by atoms with van der Waals surface area (Å²) in [6.45, 7) is 3.62. The molecule has 1 aliphatic heterocycles. The van der Waals surface area contributed by atoms with Crippen LogP contribution in [0.5, 0.6) is 0 Å². The Kier molecular flexibility index (Phi) is 3.06. The first-order valence-electron chi connectivity index (χ1n) is 4.49. The van der Waals surface area contributed by atoms with Crippen LogP contribution in [-0.4, -0.2) is 26.8 Å². The lowest BCUT2D eigenvalue weighted by Crippen LogP contribution is -2.36. The number of nitrogens with zero attached hydrogens (tertiary/aromatic N) is 2. The highest BCUT2D eigenvalue weighted by Crippen LogP contribution is 2.24. The minimum absolute atomic E-state index is 0.238. The monoisotopic (exact) mass is 322 g/mol. The summed E-state index contributed by atoms with van der Waals surface area (Å²) < 4.78 is 0.574. The zero-order valence-electron chi connectivity index (χ0n) is 7.92. The van der Waals surface area contributed by atoms with Gasteiger partial charge in [0.2, 0.25) is 5.91 Å². The Labute approximate surface area is 101 Å². The van der Waals surface area contributed by atoms with Crippen molar-refractivity contribution in [3.8, 4) is 0 Å². The van der Waals surface area contributed by atoms with Crippen molar-refractivity contribution in [2.24, 2.45) is 0 Å². The van der Waals surface area contributed by atoms with Gasteiger partial charge in [0.1, 0.15) is 0 Å². The first-order chi connectivity index (χ1) is 6.70. The Bertz CT molecular complexity index is 364. The summed E-state index contributed by atoms with van der Waals surface area (Å²) in [4.78, 5) is 19.1. The Morgan fingerprint density at radius 2 is 2.50 bits per heavy atom. The van der Waals surface area contributed by atoms with Crippen LogP contribution >= 0.6 is 33.9 Å². The molecule has 1 aromatic rings. The van der Waals surface area contributed by atoms with Crippen LogP contribution in [0.1, 0.15) is 15.6 Å². The van der Waals surface area contributed by atoms with Gasteiger partial charge in [0.05, 0.1) is 21.7 Å². The number of hydrogen-bond donors (Lipinski definition) is 0. The molecule has 1 aromatic heterocycles. The molecule has 76 valence electrons. The van der Waals surface area contributed by atoms with Gasteiger partial charge in [0.15, 0.2) is 0 Å². The molecule has 5 heteroatoms. The quantitative estimate of drug-likeness (QED) is 0.583. The van der Waals surface area contributed by atoms with Crippen molar-refractivity contribution < 1.29 is 4.79 Å². The van der Waals surface area contributed by atoms with Crippen LogP contribution in [0.3, 0.4) is 0 Å². The SMILES string of the molecule is Cc1nc2c(s1)CN(C(=O)CI)CC2. The second-order valence-electron chi connectivity index (χ2n) is 3.30. The van der Waals surface area contributed by atoms with Gasteiger partial charge in [-0.15, -0.1) is 11.3 Å². The van der Waals surface area contributed by atoms with E-state index in [0.29, 0.717) is 4.43 Å². The van der Waals surface area contributed by atoms with Crippen molar-refractivity contribution in [3.63, 3.8) is 0 Å². The first-order valence-corrected chi connectivity index (χ1v) is 6.84. The summed E-state index contributed by atoms with van der Waals surface area (Å²) in [5.74, 6) is 0.238. The summed E-state index contributed by atoms with van der Waals surface area (Å²) in [7, 11) is 0. The molecule has 2 rings (SSSR count). The molecule has 3 nitrogen and oxygen atoms in total. The maximum atomic E-state index is 11.5. The van der Waals surface area contributed by atoms with Crippen LogP contribution in [-0.2, 0) is 17.8 Å². The molecule has 0 saturated heterocycles. The second-order valence-corrected chi connectivity index (χ2v) is 5.35. The van der Waals surface area contributed by atoms with Gasteiger partial charge in [-0.05, 0) is 6.92 Å². The highest BCUT2D eigenvalue weighted by molar-refractivity contribution is 14.1. The summed E-state index contributed by atoms with van der Waals surface area (Å²) in [5, 5.41) is 1.11. The summed E-state index contributed by atoms with van der Waals surface area (Å²) in [5.41, 5.74) is 1.20. The lowest BCUT2D eigenvalue weighted by molar-refractivity contribution is -0.128. The maximum Gasteiger partial charge on any atom is 0.232 e. The number of amides is 1. The average Bonchev–Trinajstić information content (AvgIpc) is 2.55. The fourth-order valence-electron chi connectivity index (χ4n) is 1.62. The lowest BCUT2D eigenvalue weighted by atomic mass is 10.2. The van der Waals surface area contributed by atoms with E-state index < -0.39 is 0 Å². The normalized spacial score (nSPS) is 15.4. The van der Waals surface area contributed by atoms with E-state index in [4.69, 9.17) is 0 Å². The molecule has 0 aromatic carbocycles. The van der Waals surface area contributed by atoms with Crippen LogP contribution in [0.25, 0.3) is 0 Å². The van der Waals surface area contributed by atoms with E-state index in [0.717, 1.165) is 24.5 Å². The number of thiazole rings is 1. The molecule has 0 N–H and O–H groups in total. The fraction of sp³-hybridized carbons (Fsp3) is 0.556. The molecule has 2 heterocycles. The van der Waals surface area contributed by atoms with E-state index >= 15 is 0 Å². The van der Waals surface area contributed by atoms with E-state index in [-0.39, 0.29) is 5.91 Å². The standard InChI is InChI=1S/C9H11IN2OS/c1-6-11-7-2-3-12(9(13)4-10)5-8(7)14-6/h2-5H2,1H3. The Balaban J connectivity index is 2.16. The highest BCUT2D eigenvalue weighted by atomic mass is 127. The zero-order chi connectivity index (χ0) is 10.1. The lowest BCUT2D eigenvalue weighted by Gasteiger charge is -2.25. The molecule has 0 bridgehead atoms. The van der Waals surface area contributed by atoms with Crippen molar-refractivity contribution in [2.75, 3.05) is 11.0 Å². The van der Waals surface area contributed by atoms with E-state index in [1.165, 1.54) is 10.6 Å². The van der Waals surface area contributed by atoms with Gasteiger partial charge >= 0.3 is 0 Å². The minimum Gasteiger partial charge on any atom is -0.336 e. The molecule has 1 aliphatic rings. The summed E-state index contributed by atoms with van der Waals surface area (Å²) >= 11 is 3.83. The number of fused-ring (bicyclic) bond motifs is 1. The number of carbonyl (C=O) groups is 1. The van der Waals surface area contributed by atoms with Crippen LogP contribution in [0.2, 0.25) is 0 Å².